The molecule has 0 saturated heterocycles. The second kappa shape index (κ2) is 13.8. The van der Waals surface area contributed by atoms with E-state index in [4.69, 9.17) is 48.1 Å². The smallest absolute Gasteiger partial charge is 3.00 e. The van der Waals surface area contributed by atoms with E-state index in [0.29, 0.717) is 0 Å². The van der Waals surface area contributed by atoms with Crippen LogP contribution in [0.15, 0.2) is 0 Å². The molecule has 0 aliphatic carbocycles. The second-order valence-corrected chi connectivity index (χ2v) is 6.36. The van der Waals surface area contributed by atoms with E-state index in [0.717, 1.165) is 0 Å². The van der Waals surface area contributed by atoms with Crippen LogP contribution in [0.25, 0.3) is 0 Å². The van der Waals surface area contributed by atoms with Crippen molar-refractivity contribution in [3.8, 4) is 0 Å². The maximum atomic E-state index is 8.59. The van der Waals surface area contributed by atoms with Crippen molar-refractivity contribution in [1.82, 2.24) is 0 Å². The minimum Gasteiger partial charge on any atom is 3.00 e. The van der Waals surface area contributed by atoms with Gasteiger partial charge in [0.2, 0.25) is 0 Å². The van der Waals surface area contributed by atoms with Gasteiger partial charge in [-0.15, -0.1) is 0 Å². The molecule has 0 atom stereocenters. The molecular formula is O12Se3Sm2. The summed E-state index contributed by atoms with van der Waals surface area (Å²) in [6.45, 7) is 0. The summed E-state index contributed by atoms with van der Waals surface area (Å²) in [4.78, 5) is 0. The first kappa shape index (κ1) is 31.9. The van der Waals surface area contributed by atoms with Crippen LogP contribution in [0.1, 0.15) is 0 Å². The topological polar surface area (TPSA) is 241 Å². The van der Waals surface area contributed by atoms with Gasteiger partial charge in [0.05, 0.1) is 0 Å². The summed E-state index contributed by atoms with van der Waals surface area (Å²) in [5.74, 6) is 0. The zero-order valence-electron chi connectivity index (χ0n) is 6.94. The SMILES string of the molecule is O=[Se](=O)([O-])[O-].O=[Se](=O)([O-])[O-].O=[Se](=O)([O-])[O-].[Sm+3].[Sm+3]. The maximum Gasteiger partial charge on any atom is 3.00 e. The van der Waals surface area contributed by atoms with E-state index in [1.54, 1.807) is 0 Å². The van der Waals surface area contributed by atoms with Gasteiger partial charge in [-0.1, -0.05) is 0 Å². The molecule has 17 heavy (non-hydrogen) atoms. The van der Waals surface area contributed by atoms with Crippen LogP contribution in [0.2, 0.25) is 0 Å². The van der Waals surface area contributed by atoms with E-state index in [-0.39, 0.29) is 80.8 Å². The van der Waals surface area contributed by atoms with Gasteiger partial charge in [-0.2, -0.15) is 0 Å². The van der Waals surface area contributed by atoms with Crippen LogP contribution in [0.3, 0.4) is 0 Å². The molecule has 0 aromatic carbocycles. The van der Waals surface area contributed by atoms with Crippen LogP contribution >= 0.6 is 0 Å². The summed E-state index contributed by atoms with van der Waals surface area (Å²) in [5.41, 5.74) is 0. The number of rotatable bonds is 0. The molecule has 0 aromatic rings. The third kappa shape index (κ3) is 679. The van der Waals surface area contributed by atoms with E-state index >= 15 is 0 Å². The predicted octanol–water partition coefficient (Wildman–Crippen LogP) is -8.99. The minimum absolute atomic E-state index is 0. The summed E-state index contributed by atoms with van der Waals surface area (Å²) >= 11 is -17.2. The fraction of sp³-hybridized carbons (Fsp3) is 0. The van der Waals surface area contributed by atoms with E-state index in [2.05, 4.69) is 0 Å². The zero-order valence-corrected chi connectivity index (χ0v) is 17.3. The molecule has 102 valence electrons. The molecule has 0 fully saturated rings. The summed E-state index contributed by atoms with van der Waals surface area (Å²) < 4.78 is 103. The van der Waals surface area contributed by atoms with Crippen molar-refractivity contribution >= 4 is 40.1 Å². The van der Waals surface area contributed by atoms with Gasteiger partial charge in [-0.25, -0.2) is 0 Å². The van der Waals surface area contributed by atoms with Gasteiger partial charge in [-0.05, 0) is 0 Å². The molecule has 0 rings (SSSR count). The molecule has 0 aliphatic heterocycles. The molecule has 17 heteroatoms. The van der Waals surface area contributed by atoms with E-state index in [1.807, 2.05) is 0 Å². The Morgan fingerprint density at radius 1 is 0.412 bits per heavy atom. The Morgan fingerprint density at radius 2 is 0.412 bits per heavy atom. The quantitative estimate of drug-likeness (QED) is 0.211. The molecule has 0 amide bonds. The number of hydrogen-bond acceptors (Lipinski definition) is 12. The Morgan fingerprint density at radius 3 is 0.412 bits per heavy atom. The Hall–Kier alpha value is 2.79. The van der Waals surface area contributed by atoms with Crippen LogP contribution in [0.5, 0.6) is 0 Å². The Balaban J connectivity index is -0.0000000400. The fourth-order valence-corrected chi connectivity index (χ4v) is 0. The molecular weight excluding hydrogens is 730 g/mol. The Labute approximate surface area is 165 Å². The molecule has 0 N–H and O–H groups in total. The normalized spacial score (nSPS) is 10.2. The van der Waals surface area contributed by atoms with Crippen LogP contribution in [-0.2, 0) is 23.0 Å². The Bertz CT molecular complexity index is 341. The van der Waals surface area contributed by atoms with Crippen molar-refractivity contribution in [1.29, 1.82) is 0 Å². The monoisotopic (exact) mass is 736 g/mol. The van der Waals surface area contributed by atoms with Crippen LogP contribution in [-0.4, -0.2) is 40.1 Å². The van der Waals surface area contributed by atoms with Gasteiger partial charge >= 0.3 is 169 Å². The van der Waals surface area contributed by atoms with Crippen molar-refractivity contribution in [2.24, 2.45) is 0 Å². The summed E-state index contributed by atoms with van der Waals surface area (Å²) in [5, 5.41) is 0. The van der Waals surface area contributed by atoms with Crippen LogP contribution < -0.4 is 25.1 Å². The molecule has 0 aromatic heterocycles. The predicted molar refractivity (Wildman–Crippen MR) is 21.4 cm³/mol. The zero-order chi connectivity index (χ0) is 13.5. The number of hydrogen-bond donors (Lipinski definition) is 0. The van der Waals surface area contributed by atoms with Gasteiger partial charge in [0, 0.05) is 0 Å². The van der Waals surface area contributed by atoms with Crippen molar-refractivity contribution in [2.75, 3.05) is 0 Å². The molecule has 0 saturated carbocycles. The maximum absolute atomic E-state index is 8.59. The van der Waals surface area contributed by atoms with Crippen molar-refractivity contribution in [3.63, 3.8) is 0 Å². The standard InChI is InChI=1S/3H2O4Se.2Sm/c3*1-5(2,3)4;;/h3*(H2,1,2,3,4);;/q;;;2*+3/p-6. The van der Waals surface area contributed by atoms with Gasteiger partial charge in [0.1, 0.15) is 0 Å². The summed E-state index contributed by atoms with van der Waals surface area (Å²) in [6.07, 6.45) is 0. The molecule has 0 unspecified atom stereocenters. The first-order valence-electron chi connectivity index (χ1n) is 2.00. The average molecular weight is 730 g/mol. The van der Waals surface area contributed by atoms with Crippen LogP contribution in [0.4, 0.5) is 0 Å². The largest absolute Gasteiger partial charge is 3.00 e. The molecule has 0 heterocycles. The Kier molecular flexibility index (Phi) is 25.9. The molecule has 0 bridgehead atoms. The average Bonchev–Trinajstić information content (AvgIpc) is 1.41. The van der Waals surface area contributed by atoms with Gasteiger partial charge < -0.3 is 0 Å². The van der Waals surface area contributed by atoms with Gasteiger partial charge in [0.25, 0.3) is 0 Å². The van der Waals surface area contributed by atoms with Crippen molar-refractivity contribution < 1.29 is 129 Å². The third-order valence-electron chi connectivity index (χ3n) is 0. The minimum atomic E-state index is -5.75. The first-order valence-corrected chi connectivity index (χ1v) is 10.4. The summed E-state index contributed by atoms with van der Waals surface area (Å²) in [7, 11) is 0. The van der Waals surface area contributed by atoms with E-state index in [9.17, 15) is 0 Å². The van der Waals surface area contributed by atoms with Gasteiger partial charge in [-0.3, -0.25) is 0 Å². The van der Waals surface area contributed by atoms with E-state index in [1.165, 1.54) is 0 Å². The van der Waals surface area contributed by atoms with Crippen molar-refractivity contribution in [2.45, 2.75) is 0 Å². The summed E-state index contributed by atoms with van der Waals surface area (Å²) in [6, 6.07) is 0. The molecule has 0 spiro atoms. The molecule has 2 radical (unpaired) electrons. The third-order valence-corrected chi connectivity index (χ3v) is 0. The second-order valence-electron chi connectivity index (χ2n) is 1.22. The van der Waals surface area contributed by atoms with E-state index < -0.39 is 40.1 Å². The fourth-order valence-electron chi connectivity index (χ4n) is 0. The first-order chi connectivity index (χ1) is 6.00. The van der Waals surface area contributed by atoms with Gasteiger partial charge in [0.15, 0.2) is 0 Å². The van der Waals surface area contributed by atoms with Crippen LogP contribution in [0, 0.1) is 80.8 Å². The molecule has 12 nitrogen and oxygen atoms in total. The molecule has 0 aliphatic rings. The van der Waals surface area contributed by atoms with Crippen molar-refractivity contribution in [3.05, 3.63) is 0 Å².